The van der Waals surface area contributed by atoms with Crippen LogP contribution in [0.5, 0.6) is 0 Å². The second-order valence-corrected chi connectivity index (χ2v) is 10.1. The first-order chi connectivity index (χ1) is 7.26. The summed E-state index contributed by atoms with van der Waals surface area (Å²) in [5, 5.41) is 0. The number of hydrogen-bond acceptors (Lipinski definition) is 1. The molecular weight excluding hydrogens is 260 g/mol. The molecule has 0 spiro atoms. The molecule has 0 amide bonds. The first-order valence-electron chi connectivity index (χ1n) is 6.23. The van der Waals surface area contributed by atoms with Crippen LogP contribution in [0.3, 0.4) is 0 Å². The molecule has 1 aliphatic carbocycles. The third kappa shape index (κ3) is 5.25. The summed E-state index contributed by atoms with van der Waals surface area (Å²) in [6.45, 7) is 13.4. The van der Waals surface area contributed by atoms with Gasteiger partial charge in [-0.05, 0) is 39.4 Å². The normalized spacial score (nSPS) is 17.6. The second-order valence-electron chi connectivity index (χ2n) is 6.02. The molecule has 1 rings (SSSR count). The zero-order chi connectivity index (χ0) is 12.4. The smallest absolute Gasteiger partial charge is 0.191 e. The molecule has 3 heteroatoms. The van der Waals surface area contributed by atoms with Gasteiger partial charge in [0.25, 0.3) is 0 Å². The number of rotatable bonds is 4. The summed E-state index contributed by atoms with van der Waals surface area (Å²) < 4.78 is 6.33. The fourth-order valence-electron chi connectivity index (χ4n) is 2.61. The molecule has 0 heterocycles. The molecule has 0 aromatic heterocycles. The van der Waals surface area contributed by atoms with Crippen molar-refractivity contribution >= 4 is 8.32 Å². The van der Waals surface area contributed by atoms with Crippen molar-refractivity contribution in [2.45, 2.75) is 64.8 Å². The third-order valence-corrected chi connectivity index (χ3v) is 6.45. The van der Waals surface area contributed by atoms with Crippen molar-refractivity contribution in [3.8, 4) is 0 Å². The van der Waals surface area contributed by atoms with Crippen LogP contribution in [0.2, 0.25) is 18.6 Å². The summed E-state index contributed by atoms with van der Waals surface area (Å²) in [5.41, 5.74) is 1.92. The van der Waals surface area contributed by atoms with E-state index in [9.17, 15) is 0 Å². The summed E-state index contributed by atoms with van der Waals surface area (Å²) in [7, 11) is -1.68. The van der Waals surface area contributed by atoms with E-state index >= 15 is 0 Å². The van der Waals surface area contributed by atoms with E-state index in [-0.39, 0.29) is 27.3 Å². The molecule has 1 unspecified atom stereocenters. The van der Waals surface area contributed by atoms with Crippen LogP contribution < -0.4 is 0 Å². The van der Waals surface area contributed by atoms with Crippen LogP contribution in [0.25, 0.3) is 0 Å². The third-order valence-electron chi connectivity index (χ3n) is 2.91. The van der Waals surface area contributed by atoms with Crippen molar-refractivity contribution in [2.24, 2.45) is 0 Å². The molecule has 0 fully saturated rings. The summed E-state index contributed by atoms with van der Waals surface area (Å²) >= 11 is 0. The van der Waals surface area contributed by atoms with Gasteiger partial charge in [-0.1, -0.05) is 13.3 Å². The maximum atomic E-state index is 6.33. The first-order valence-corrected chi connectivity index (χ1v) is 9.22. The monoisotopic (exact) mass is 285 g/mol. The van der Waals surface area contributed by atoms with E-state index in [1.165, 1.54) is 5.57 Å². The van der Waals surface area contributed by atoms with Crippen molar-refractivity contribution in [3.05, 3.63) is 23.8 Å². The van der Waals surface area contributed by atoms with Gasteiger partial charge >= 0.3 is 0 Å². The van der Waals surface area contributed by atoms with Gasteiger partial charge in [0.05, 0.1) is 0 Å². The predicted octanol–water partition coefficient (Wildman–Crippen LogP) is 4.47. The number of allylic oxidation sites excluding steroid dienone is 4. The summed E-state index contributed by atoms with van der Waals surface area (Å²) in [6.07, 6.45) is 10.0. The van der Waals surface area contributed by atoms with Crippen molar-refractivity contribution in [1.82, 2.24) is 0 Å². The Morgan fingerprint density at radius 1 is 1.41 bits per heavy atom. The molecule has 0 bridgehead atoms. The standard InChI is InChI=1S/C14H25OSi.Ti/c1-7-13(12-10-8-9-11-12)16(5,6)15-14(2,3)4;/h8,10,13H,7,9H2,1-6H3;/q-1;. The fourth-order valence-corrected chi connectivity index (χ4v) is 6.26. The molecule has 17 heavy (non-hydrogen) atoms. The van der Waals surface area contributed by atoms with Gasteiger partial charge in [0.1, 0.15) is 0 Å². The Kier molecular flexibility index (Phi) is 6.65. The Labute approximate surface area is 123 Å². The van der Waals surface area contributed by atoms with Gasteiger partial charge in [-0.3, -0.25) is 6.08 Å². The Hall–Kier alpha value is 0.371. The van der Waals surface area contributed by atoms with Crippen LogP contribution in [0.15, 0.2) is 17.7 Å². The zero-order valence-corrected chi connectivity index (χ0v) is 14.6. The number of hydrogen-bond donors (Lipinski definition) is 0. The van der Waals surface area contributed by atoms with E-state index < -0.39 is 8.32 Å². The van der Waals surface area contributed by atoms with Crippen LogP contribution in [-0.2, 0) is 26.1 Å². The van der Waals surface area contributed by atoms with Gasteiger partial charge in [0.2, 0.25) is 0 Å². The van der Waals surface area contributed by atoms with Crippen molar-refractivity contribution in [3.63, 3.8) is 0 Å². The van der Waals surface area contributed by atoms with Crippen LogP contribution in [0, 0.1) is 6.08 Å². The van der Waals surface area contributed by atoms with Gasteiger partial charge in [-0.25, -0.2) is 11.6 Å². The van der Waals surface area contributed by atoms with Crippen LogP contribution in [-0.4, -0.2) is 13.9 Å². The average molecular weight is 285 g/mol. The van der Waals surface area contributed by atoms with Gasteiger partial charge in [-0.2, -0.15) is 6.08 Å². The van der Waals surface area contributed by atoms with Crippen molar-refractivity contribution < 1.29 is 26.1 Å². The van der Waals surface area contributed by atoms with Gasteiger partial charge in [0.15, 0.2) is 8.32 Å². The van der Waals surface area contributed by atoms with Gasteiger partial charge < -0.3 is 4.43 Å². The minimum absolute atomic E-state index is 0. The quantitative estimate of drug-likeness (QED) is 0.547. The molecule has 1 atom stereocenters. The molecule has 0 radical (unpaired) electrons. The molecular formula is C14H25OSiTi-. The van der Waals surface area contributed by atoms with Crippen LogP contribution >= 0.6 is 0 Å². The van der Waals surface area contributed by atoms with Crippen LogP contribution in [0.1, 0.15) is 40.5 Å². The average Bonchev–Trinajstić information content (AvgIpc) is 2.52. The van der Waals surface area contributed by atoms with Crippen molar-refractivity contribution in [1.29, 1.82) is 0 Å². The first kappa shape index (κ1) is 17.4. The van der Waals surface area contributed by atoms with E-state index in [1.54, 1.807) is 0 Å². The minimum Gasteiger partial charge on any atom is -0.412 e. The molecule has 0 N–H and O–H groups in total. The Balaban J connectivity index is 0.00000256. The zero-order valence-electron chi connectivity index (χ0n) is 12.1. The molecule has 0 aromatic rings. The van der Waals surface area contributed by atoms with Crippen LogP contribution in [0.4, 0.5) is 0 Å². The van der Waals surface area contributed by atoms with E-state index in [0.717, 1.165) is 12.8 Å². The van der Waals surface area contributed by atoms with Gasteiger partial charge in [-0.15, -0.1) is 6.42 Å². The molecule has 1 aliphatic rings. The van der Waals surface area contributed by atoms with Crippen molar-refractivity contribution in [2.75, 3.05) is 0 Å². The van der Waals surface area contributed by atoms with E-state index in [2.05, 4.69) is 59.0 Å². The summed E-state index contributed by atoms with van der Waals surface area (Å²) in [4.78, 5) is 0. The molecule has 1 nitrogen and oxygen atoms in total. The summed E-state index contributed by atoms with van der Waals surface area (Å²) in [6, 6.07) is 0. The van der Waals surface area contributed by atoms with E-state index in [1.807, 2.05) is 0 Å². The topological polar surface area (TPSA) is 9.23 Å². The SMILES string of the molecule is CCC(C1=[C-]CC=C1)[Si](C)(C)OC(C)(C)C.[Ti]. The second kappa shape index (κ2) is 6.51. The summed E-state index contributed by atoms with van der Waals surface area (Å²) in [5.74, 6) is 0. The largest absolute Gasteiger partial charge is 0.412 e. The molecule has 0 aliphatic heterocycles. The van der Waals surface area contributed by atoms with E-state index in [4.69, 9.17) is 4.43 Å². The Morgan fingerprint density at radius 2 is 2.00 bits per heavy atom. The minimum atomic E-state index is -1.68. The predicted molar refractivity (Wildman–Crippen MR) is 72.9 cm³/mol. The molecule has 96 valence electrons. The molecule has 0 saturated carbocycles. The maximum Gasteiger partial charge on any atom is 0.191 e. The van der Waals surface area contributed by atoms with Gasteiger partial charge in [0, 0.05) is 27.3 Å². The molecule has 0 aromatic carbocycles. The maximum absolute atomic E-state index is 6.33. The van der Waals surface area contributed by atoms with E-state index in [0.29, 0.717) is 5.54 Å². The Morgan fingerprint density at radius 3 is 2.35 bits per heavy atom. The fraction of sp³-hybridized carbons (Fsp3) is 0.714. The Bertz CT molecular complexity index is 300. The molecule has 0 saturated heterocycles.